The van der Waals surface area contributed by atoms with Gasteiger partial charge >= 0.3 is 0 Å². The number of piperidine rings is 1. The molecule has 3 fully saturated rings. The van der Waals surface area contributed by atoms with Gasteiger partial charge in [-0.05, 0) is 68.7 Å². The third kappa shape index (κ3) is 4.23. The topological polar surface area (TPSA) is 140 Å². The fourth-order valence-electron chi connectivity index (χ4n) is 7.06. The van der Waals surface area contributed by atoms with Gasteiger partial charge in [0.2, 0.25) is 5.82 Å². The summed E-state index contributed by atoms with van der Waals surface area (Å²) in [4.78, 5) is 29.2. The van der Waals surface area contributed by atoms with Gasteiger partial charge in [-0.3, -0.25) is 14.9 Å². The highest BCUT2D eigenvalue weighted by Crippen LogP contribution is 2.50. The normalized spacial score (nSPS) is 21.4. The molecular formula is C31H30FN9O2. The molecule has 2 aliphatic heterocycles. The van der Waals surface area contributed by atoms with E-state index >= 15 is 0 Å². The average molecular weight is 580 g/mol. The second kappa shape index (κ2) is 9.85. The molecule has 218 valence electrons. The number of fused-ring (bicyclic) bond motifs is 3. The fourth-order valence-corrected chi connectivity index (χ4v) is 7.06. The number of anilines is 1. The Hall–Kier alpha value is -4.87. The number of rotatable bonds is 6. The number of aromatic amines is 1. The molecule has 1 saturated carbocycles. The summed E-state index contributed by atoms with van der Waals surface area (Å²) in [5.74, 6) is 1.17. The number of benzene rings is 1. The molecule has 3 atom stereocenters. The number of hydrogen-bond acceptors (Lipinski definition) is 8. The van der Waals surface area contributed by atoms with Crippen LogP contribution in [0.3, 0.4) is 0 Å². The first-order chi connectivity index (χ1) is 21.0. The van der Waals surface area contributed by atoms with E-state index in [2.05, 4.69) is 25.3 Å². The number of amides is 1. The van der Waals surface area contributed by atoms with Crippen LogP contribution in [0.15, 0.2) is 49.1 Å². The van der Waals surface area contributed by atoms with Gasteiger partial charge in [0.05, 0.1) is 24.7 Å². The monoisotopic (exact) mass is 579 g/mol. The standard InChI is InChI=1S/C31H30FN9O2/c1-43-25-9-5-17(12-23(25)32)24-8-4-18(13-34-24)22-14-37-41-28(33)26(16-2-3-16)27(38-30(22)41)19-10-20-6-7-21(11-19)40(20)31(42)29-35-15-36-39-29/h4-5,8-9,12-16,19-21H,2-3,6-7,10-11,33H2,1H3,(H,35,36,39)/t19?,20-,21+. The number of hydrogen-bond donors (Lipinski definition) is 2. The SMILES string of the molecule is COc1ccc(-c2ccc(-c3cnn4c(N)c(C5CC5)c(C5C[C@H]6CC[C@@H](C5)N6C(=O)c5ncn[nH]5)nc34)cn2)cc1F. The first kappa shape index (κ1) is 25.8. The number of ether oxygens (including phenoxy) is 1. The van der Waals surface area contributed by atoms with E-state index in [9.17, 15) is 9.18 Å². The number of H-pyrrole nitrogens is 1. The average Bonchev–Trinajstić information content (AvgIpc) is 3.41. The Labute approximate surface area is 246 Å². The number of carbonyl (C=O) groups is 1. The van der Waals surface area contributed by atoms with Crippen molar-refractivity contribution in [2.24, 2.45) is 0 Å². The van der Waals surface area contributed by atoms with Crippen LogP contribution in [0.4, 0.5) is 10.2 Å². The Morgan fingerprint density at radius 2 is 1.81 bits per heavy atom. The Bertz CT molecular complexity index is 1840. The largest absolute Gasteiger partial charge is 0.494 e. The van der Waals surface area contributed by atoms with Crippen LogP contribution in [-0.4, -0.2) is 64.8 Å². The van der Waals surface area contributed by atoms with Gasteiger partial charge in [0, 0.05) is 46.5 Å². The van der Waals surface area contributed by atoms with Crippen LogP contribution in [0.25, 0.3) is 28.0 Å². The molecule has 12 heteroatoms. The van der Waals surface area contributed by atoms with E-state index in [1.54, 1.807) is 29.0 Å². The molecule has 1 aromatic carbocycles. The van der Waals surface area contributed by atoms with Crippen molar-refractivity contribution in [1.82, 2.24) is 39.7 Å². The van der Waals surface area contributed by atoms with Gasteiger partial charge in [-0.25, -0.2) is 14.4 Å². The minimum atomic E-state index is -0.436. The molecule has 2 saturated heterocycles. The summed E-state index contributed by atoms with van der Waals surface area (Å²) >= 11 is 0. The van der Waals surface area contributed by atoms with Crippen molar-refractivity contribution in [1.29, 1.82) is 0 Å². The van der Waals surface area contributed by atoms with Crippen molar-refractivity contribution in [2.45, 2.75) is 62.4 Å². The van der Waals surface area contributed by atoms with Gasteiger partial charge < -0.3 is 15.4 Å². The third-order valence-corrected chi connectivity index (χ3v) is 9.23. The van der Waals surface area contributed by atoms with Crippen LogP contribution in [0, 0.1) is 5.82 Å². The smallest absolute Gasteiger partial charge is 0.291 e. The predicted molar refractivity (Wildman–Crippen MR) is 156 cm³/mol. The van der Waals surface area contributed by atoms with E-state index < -0.39 is 5.82 Å². The lowest BCUT2D eigenvalue weighted by molar-refractivity contribution is 0.0557. The van der Waals surface area contributed by atoms with Gasteiger partial charge in [-0.15, -0.1) is 0 Å². The van der Waals surface area contributed by atoms with E-state index in [0.29, 0.717) is 34.5 Å². The second-order valence-corrected chi connectivity index (χ2v) is 11.7. The molecule has 43 heavy (non-hydrogen) atoms. The number of nitrogens with zero attached hydrogens (tertiary/aromatic N) is 7. The molecule has 3 N–H and O–H groups in total. The Morgan fingerprint density at radius 1 is 1.02 bits per heavy atom. The van der Waals surface area contributed by atoms with Crippen molar-refractivity contribution in [3.63, 3.8) is 0 Å². The third-order valence-electron chi connectivity index (χ3n) is 9.23. The maximum Gasteiger partial charge on any atom is 0.291 e. The zero-order valence-corrected chi connectivity index (χ0v) is 23.6. The van der Waals surface area contributed by atoms with Crippen molar-refractivity contribution < 1.29 is 13.9 Å². The molecule has 1 amide bonds. The van der Waals surface area contributed by atoms with Crippen LogP contribution in [0.1, 0.15) is 72.2 Å². The van der Waals surface area contributed by atoms with Crippen molar-refractivity contribution >= 4 is 17.4 Å². The summed E-state index contributed by atoms with van der Waals surface area (Å²) in [7, 11) is 1.44. The molecule has 3 aliphatic rings. The molecule has 5 aromatic rings. The van der Waals surface area contributed by atoms with Crippen molar-refractivity contribution in [3.05, 3.63) is 72.0 Å². The van der Waals surface area contributed by atoms with Crippen LogP contribution in [0.5, 0.6) is 5.75 Å². The number of carbonyl (C=O) groups excluding carboxylic acids is 1. The maximum absolute atomic E-state index is 14.3. The summed E-state index contributed by atoms with van der Waals surface area (Å²) in [6.45, 7) is 0. The summed E-state index contributed by atoms with van der Waals surface area (Å²) in [6, 6.07) is 8.85. The van der Waals surface area contributed by atoms with Crippen LogP contribution >= 0.6 is 0 Å². The Kier molecular flexibility index (Phi) is 5.92. The number of pyridine rings is 1. The first-order valence-corrected chi connectivity index (χ1v) is 14.7. The van der Waals surface area contributed by atoms with E-state index in [1.165, 1.54) is 19.5 Å². The summed E-state index contributed by atoms with van der Waals surface area (Å²) in [6.07, 6.45) is 10.7. The van der Waals surface area contributed by atoms with E-state index in [-0.39, 0.29) is 29.7 Å². The molecule has 4 aromatic heterocycles. The van der Waals surface area contributed by atoms with Crippen LogP contribution < -0.4 is 10.5 Å². The fraction of sp³-hybridized carbons (Fsp3) is 0.355. The molecule has 1 aliphatic carbocycles. The molecule has 11 nitrogen and oxygen atoms in total. The number of nitrogen functional groups attached to an aromatic ring is 1. The van der Waals surface area contributed by atoms with Gasteiger partial charge in [-0.2, -0.15) is 14.7 Å². The highest BCUT2D eigenvalue weighted by molar-refractivity contribution is 5.91. The number of aromatic nitrogens is 7. The van der Waals surface area contributed by atoms with E-state index in [0.717, 1.165) is 60.9 Å². The lowest BCUT2D eigenvalue weighted by Gasteiger charge is -2.39. The quantitative estimate of drug-likeness (QED) is 0.294. The number of halogens is 1. The second-order valence-electron chi connectivity index (χ2n) is 11.7. The number of nitrogens with one attached hydrogen (secondary N) is 1. The minimum absolute atomic E-state index is 0.0832. The zero-order chi connectivity index (χ0) is 29.2. The minimum Gasteiger partial charge on any atom is -0.494 e. The number of methoxy groups -OCH3 is 1. The highest BCUT2D eigenvalue weighted by atomic mass is 19.1. The highest BCUT2D eigenvalue weighted by Gasteiger charge is 2.46. The molecule has 1 unspecified atom stereocenters. The number of nitrogens with two attached hydrogens (primary N) is 1. The van der Waals surface area contributed by atoms with Crippen LogP contribution in [-0.2, 0) is 0 Å². The predicted octanol–water partition coefficient (Wildman–Crippen LogP) is 4.73. The van der Waals surface area contributed by atoms with Crippen molar-refractivity contribution in [2.75, 3.05) is 12.8 Å². The van der Waals surface area contributed by atoms with Gasteiger partial charge in [0.15, 0.2) is 17.2 Å². The van der Waals surface area contributed by atoms with Crippen molar-refractivity contribution in [3.8, 4) is 28.1 Å². The summed E-state index contributed by atoms with van der Waals surface area (Å²) in [5.41, 5.74) is 12.7. The van der Waals surface area contributed by atoms with E-state index in [4.69, 9.17) is 15.5 Å². The Morgan fingerprint density at radius 3 is 2.47 bits per heavy atom. The van der Waals surface area contributed by atoms with Gasteiger partial charge in [0.25, 0.3) is 5.91 Å². The lowest BCUT2D eigenvalue weighted by atomic mass is 9.85. The molecule has 2 bridgehead atoms. The summed E-state index contributed by atoms with van der Waals surface area (Å²) < 4.78 is 21.1. The van der Waals surface area contributed by atoms with Gasteiger partial charge in [0.1, 0.15) is 12.1 Å². The first-order valence-electron chi connectivity index (χ1n) is 14.7. The molecule has 8 rings (SSSR count). The molecule has 0 spiro atoms. The lowest BCUT2D eigenvalue weighted by Crippen LogP contribution is -2.46. The van der Waals surface area contributed by atoms with Gasteiger partial charge in [-0.1, -0.05) is 6.07 Å². The molecule has 6 heterocycles. The maximum atomic E-state index is 14.3. The van der Waals surface area contributed by atoms with Crippen LogP contribution in [0.2, 0.25) is 0 Å². The van der Waals surface area contributed by atoms with E-state index in [1.807, 2.05) is 17.0 Å². The Balaban J connectivity index is 1.14. The zero-order valence-electron chi connectivity index (χ0n) is 23.6. The molecule has 0 radical (unpaired) electrons. The molecular weight excluding hydrogens is 549 g/mol. The summed E-state index contributed by atoms with van der Waals surface area (Å²) in [5, 5.41) is 11.2.